The van der Waals surface area contributed by atoms with Crippen molar-refractivity contribution in [1.29, 1.82) is 5.41 Å². The van der Waals surface area contributed by atoms with E-state index in [1.165, 1.54) is 6.20 Å². The fourth-order valence-electron chi connectivity index (χ4n) is 0.905. The van der Waals surface area contributed by atoms with Gasteiger partial charge in [-0.2, -0.15) is 0 Å². The summed E-state index contributed by atoms with van der Waals surface area (Å²) in [5.74, 6) is 0.647. The van der Waals surface area contributed by atoms with Crippen molar-refractivity contribution in [1.82, 2.24) is 5.32 Å². The van der Waals surface area contributed by atoms with Crippen molar-refractivity contribution in [2.75, 3.05) is 0 Å². The van der Waals surface area contributed by atoms with E-state index in [4.69, 9.17) is 16.0 Å². The van der Waals surface area contributed by atoms with E-state index in [1.54, 1.807) is 26.1 Å². The van der Waals surface area contributed by atoms with Crippen molar-refractivity contribution in [2.24, 2.45) is 10.9 Å². The zero-order valence-corrected chi connectivity index (χ0v) is 9.32. The molecule has 0 spiro atoms. The van der Waals surface area contributed by atoms with Gasteiger partial charge in [-0.25, -0.2) is 0 Å². The molecule has 0 aromatic carbocycles. The fourth-order valence-corrected chi connectivity index (χ4v) is 0.905. The molecule has 0 amide bonds. The molecule has 0 radical (unpaired) electrons. The van der Waals surface area contributed by atoms with Gasteiger partial charge in [0.2, 0.25) is 0 Å². The van der Waals surface area contributed by atoms with Crippen LogP contribution in [0.2, 0.25) is 0 Å². The second-order valence-electron chi connectivity index (χ2n) is 2.93. The maximum absolute atomic E-state index is 6.98. The maximum atomic E-state index is 6.98. The normalized spacial score (nSPS) is 15.1. The number of hydrogen-bond donors (Lipinski definition) is 3. The van der Waals surface area contributed by atoms with Crippen molar-refractivity contribution in [3.05, 3.63) is 23.6 Å². The summed E-state index contributed by atoms with van der Waals surface area (Å²) in [6.45, 7) is 5.43. The summed E-state index contributed by atoms with van der Waals surface area (Å²) in [4.78, 5) is 5.01. The van der Waals surface area contributed by atoms with Gasteiger partial charge in [0.1, 0.15) is 5.76 Å². The Balaban J connectivity index is 4.56. The molecule has 15 heavy (non-hydrogen) atoms. The van der Waals surface area contributed by atoms with Crippen molar-refractivity contribution in [2.45, 2.75) is 26.8 Å². The van der Waals surface area contributed by atoms with Crippen LogP contribution in [-0.2, 0) is 4.84 Å². The lowest BCUT2D eigenvalue weighted by atomic mass is 10.1. The zero-order chi connectivity index (χ0) is 11.7. The molecule has 4 N–H and O–H groups in total. The average Bonchev–Trinajstić information content (AvgIpc) is 2.24. The van der Waals surface area contributed by atoms with Crippen LogP contribution >= 0.6 is 0 Å². The van der Waals surface area contributed by atoms with Crippen LogP contribution in [0.5, 0.6) is 0 Å². The van der Waals surface area contributed by atoms with Gasteiger partial charge in [-0.05, 0) is 38.6 Å². The number of nitrogens with zero attached hydrogens (tertiary/aromatic N) is 1. The standard InChI is InChI=1S/C10H18N4O/c1-4-14-15-9(3)5-10(13-7-12)8(2)6-11/h4-7,10H,11H2,1-3H3,(H2,12,13)/b8-6+,9-5+,14-4+. The van der Waals surface area contributed by atoms with Crippen LogP contribution in [0.3, 0.4) is 0 Å². The molecule has 0 fully saturated rings. The Hall–Kier alpha value is -1.78. The van der Waals surface area contributed by atoms with E-state index in [0.717, 1.165) is 11.9 Å². The number of allylic oxidation sites excluding steroid dienone is 1. The molecule has 0 aromatic heterocycles. The van der Waals surface area contributed by atoms with E-state index < -0.39 is 0 Å². The van der Waals surface area contributed by atoms with Crippen molar-refractivity contribution in [3.63, 3.8) is 0 Å². The first kappa shape index (κ1) is 13.2. The predicted octanol–water partition coefficient (Wildman–Crippen LogP) is 1.34. The first-order valence-corrected chi connectivity index (χ1v) is 4.62. The number of nitrogens with two attached hydrogens (primary N) is 1. The van der Waals surface area contributed by atoms with Crippen LogP contribution < -0.4 is 11.1 Å². The lowest BCUT2D eigenvalue weighted by Crippen LogP contribution is -2.27. The van der Waals surface area contributed by atoms with Crippen LogP contribution in [0.15, 0.2) is 28.8 Å². The van der Waals surface area contributed by atoms with Gasteiger partial charge >= 0.3 is 0 Å². The predicted molar refractivity (Wildman–Crippen MR) is 62.7 cm³/mol. The third-order valence-electron chi connectivity index (χ3n) is 1.72. The van der Waals surface area contributed by atoms with Gasteiger partial charge in [0, 0.05) is 6.21 Å². The van der Waals surface area contributed by atoms with Gasteiger partial charge in [-0.15, -0.1) is 0 Å². The first-order chi connectivity index (χ1) is 7.15. The summed E-state index contributed by atoms with van der Waals surface area (Å²) in [7, 11) is 0. The Kier molecular flexibility index (Phi) is 6.70. The molecule has 0 aliphatic rings. The minimum absolute atomic E-state index is 0.139. The van der Waals surface area contributed by atoms with E-state index in [2.05, 4.69) is 10.5 Å². The van der Waals surface area contributed by atoms with E-state index in [-0.39, 0.29) is 6.04 Å². The van der Waals surface area contributed by atoms with Crippen molar-refractivity contribution >= 4 is 12.6 Å². The Labute approximate surface area is 90.2 Å². The number of nitrogens with one attached hydrogen (secondary N) is 2. The molecular formula is C10H18N4O. The van der Waals surface area contributed by atoms with E-state index in [1.807, 2.05) is 6.92 Å². The van der Waals surface area contributed by atoms with Crippen LogP contribution in [0.1, 0.15) is 20.8 Å². The molecule has 84 valence electrons. The summed E-state index contributed by atoms with van der Waals surface area (Å²) >= 11 is 0. The Morgan fingerprint density at radius 3 is 2.67 bits per heavy atom. The summed E-state index contributed by atoms with van der Waals surface area (Å²) in [5.41, 5.74) is 6.31. The van der Waals surface area contributed by atoms with Crippen molar-refractivity contribution < 1.29 is 4.84 Å². The molecule has 0 aliphatic carbocycles. The highest BCUT2D eigenvalue weighted by Crippen LogP contribution is 2.05. The SMILES string of the molecule is C/C=N/O/C(C)=C/C(NC=N)/C(C)=C/N. The molecule has 0 heterocycles. The number of hydrogen-bond acceptors (Lipinski definition) is 4. The molecule has 0 saturated heterocycles. The largest absolute Gasteiger partial charge is 0.405 e. The third-order valence-corrected chi connectivity index (χ3v) is 1.72. The second kappa shape index (κ2) is 7.61. The highest BCUT2D eigenvalue weighted by atomic mass is 16.6. The summed E-state index contributed by atoms with van der Waals surface area (Å²) in [5, 5.41) is 13.4. The molecule has 0 saturated carbocycles. The molecule has 5 heteroatoms. The Morgan fingerprint density at radius 1 is 1.53 bits per heavy atom. The summed E-state index contributed by atoms with van der Waals surface area (Å²) in [6.07, 6.45) is 5.97. The molecule has 1 atom stereocenters. The molecule has 0 aromatic rings. The molecular weight excluding hydrogens is 192 g/mol. The first-order valence-electron chi connectivity index (χ1n) is 4.62. The summed E-state index contributed by atoms with van der Waals surface area (Å²) < 4.78 is 0. The van der Waals surface area contributed by atoms with Gasteiger partial charge < -0.3 is 15.9 Å². The van der Waals surface area contributed by atoms with E-state index >= 15 is 0 Å². The maximum Gasteiger partial charge on any atom is 0.130 e. The van der Waals surface area contributed by atoms with E-state index in [0.29, 0.717) is 5.76 Å². The lowest BCUT2D eigenvalue weighted by molar-refractivity contribution is 0.229. The molecule has 0 bridgehead atoms. The number of rotatable bonds is 6. The lowest BCUT2D eigenvalue weighted by Gasteiger charge is -2.13. The molecule has 1 unspecified atom stereocenters. The van der Waals surface area contributed by atoms with Gasteiger partial charge in [-0.1, -0.05) is 5.16 Å². The quantitative estimate of drug-likeness (QED) is 0.268. The van der Waals surface area contributed by atoms with E-state index in [9.17, 15) is 0 Å². The van der Waals surface area contributed by atoms with Crippen LogP contribution in [0.4, 0.5) is 0 Å². The molecule has 5 nitrogen and oxygen atoms in total. The fraction of sp³-hybridized carbons (Fsp3) is 0.400. The Morgan fingerprint density at radius 2 is 2.20 bits per heavy atom. The molecule has 0 aliphatic heterocycles. The van der Waals surface area contributed by atoms with Crippen LogP contribution in [0.25, 0.3) is 0 Å². The topological polar surface area (TPSA) is 83.5 Å². The van der Waals surface area contributed by atoms with Gasteiger partial charge in [0.15, 0.2) is 0 Å². The third kappa shape index (κ3) is 5.51. The number of oxime groups is 1. The van der Waals surface area contributed by atoms with Crippen LogP contribution in [-0.4, -0.2) is 18.6 Å². The van der Waals surface area contributed by atoms with Gasteiger partial charge in [0.05, 0.1) is 12.4 Å². The van der Waals surface area contributed by atoms with Crippen molar-refractivity contribution in [3.8, 4) is 0 Å². The van der Waals surface area contributed by atoms with Crippen LogP contribution in [0, 0.1) is 5.41 Å². The summed E-state index contributed by atoms with van der Waals surface area (Å²) in [6, 6.07) is -0.139. The smallest absolute Gasteiger partial charge is 0.130 e. The minimum atomic E-state index is -0.139. The average molecular weight is 210 g/mol. The second-order valence-corrected chi connectivity index (χ2v) is 2.93. The molecule has 0 rings (SSSR count). The van der Waals surface area contributed by atoms with Gasteiger partial charge in [-0.3, -0.25) is 5.41 Å². The Bertz CT molecular complexity index is 281. The minimum Gasteiger partial charge on any atom is -0.405 e. The zero-order valence-electron chi connectivity index (χ0n) is 9.32. The van der Waals surface area contributed by atoms with Gasteiger partial charge in [0.25, 0.3) is 0 Å². The highest BCUT2D eigenvalue weighted by molar-refractivity contribution is 5.52. The highest BCUT2D eigenvalue weighted by Gasteiger charge is 2.06. The monoisotopic (exact) mass is 210 g/mol.